The number of carbonyl (C=O) groups is 2. The third kappa shape index (κ3) is 3.79. The zero-order chi connectivity index (χ0) is 14.6. The number of carbonyl (C=O) groups excluding carboxylic acids is 1. The maximum absolute atomic E-state index is 12.0. The van der Waals surface area contributed by atoms with E-state index in [-0.39, 0.29) is 0 Å². The molecule has 0 aromatic heterocycles. The number of aliphatic carboxylic acids is 1. The largest absolute Gasteiger partial charge is 0.480 e. The summed E-state index contributed by atoms with van der Waals surface area (Å²) in [4.78, 5) is 23.2. The molecule has 0 bridgehead atoms. The van der Waals surface area contributed by atoms with Crippen molar-refractivity contribution in [2.24, 2.45) is 0 Å². The molecule has 0 aliphatic heterocycles. The van der Waals surface area contributed by atoms with Gasteiger partial charge < -0.3 is 15.2 Å². The highest BCUT2D eigenvalue weighted by Crippen LogP contribution is 2.15. The number of benzene rings is 1. The summed E-state index contributed by atoms with van der Waals surface area (Å²) in [6.45, 7) is 5.14. The van der Waals surface area contributed by atoms with Crippen molar-refractivity contribution < 1.29 is 19.4 Å². The minimum atomic E-state index is -1.13. The minimum absolute atomic E-state index is 0.420. The molecular weight excluding hydrogens is 246 g/mol. The number of rotatable bonds is 5. The van der Waals surface area contributed by atoms with Crippen LogP contribution < -0.4 is 5.32 Å². The fraction of sp³-hybridized carbons (Fsp3) is 0.429. The molecule has 0 fully saturated rings. The van der Waals surface area contributed by atoms with Crippen LogP contribution in [0.3, 0.4) is 0 Å². The van der Waals surface area contributed by atoms with Gasteiger partial charge in [0, 0.05) is 12.7 Å². The van der Waals surface area contributed by atoms with E-state index in [0.717, 1.165) is 5.56 Å². The van der Waals surface area contributed by atoms with Crippen LogP contribution in [0.15, 0.2) is 24.3 Å². The van der Waals surface area contributed by atoms with Gasteiger partial charge in [-0.25, -0.2) is 4.79 Å². The number of hydrogen-bond acceptors (Lipinski definition) is 3. The van der Waals surface area contributed by atoms with E-state index >= 15 is 0 Å². The molecule has 0 saturated carbocycles. The van der Waals surface area contributed by atoms with E-state index in [2.05, 4.69) is 5.32 Å². The second-order valence-electron chi connectivity index (χ2n) is 4.92. The molecule has 1 amide bonds. The Morgan fingerprint density at radius 2 is 1.79 bits per heavy atom. The number of methoxy groups -OCH3 is 1. The monoisotopic (exact) mass is 265 g/mol. The first-order chi connectivity index (χ1) is 8.77. The quantitative estimate of drug-likeness (QED) is 0.848. The van der Waals surface area contributed by atoms with E-state index in [1.807, 2.05) is 6.92 Å². The van der Waals surface area contributed by atoms with Gasteiger partial charge in [0.25, 0.3) is 5.91 Å². The van der Waals surface area contributed by atoms with Gasteiger partial charge in [-0.15, -0.1) is 0 Å². The molecule has 2 N–H and O–H groups in total. The van der Waals surface area contributed by atoms with Crippen molar-refractivity contribution in [3.05, 3.63) is 35.4 Å². The van der Waals surface area contributed by atoms with Crippen LogP contribution in [-0.4, -0.2) is 35.7 Å². The molecule has 104 valence electrons. The summed E-state index contributed by atoms with van der Waals surface area (Å²) >= 11 is 0. The lowest BCUT2D eigenvalue weighted by Gasteiger charge is -2.30. The van der Waals surface area contributed by atoms with Crippen molar-refractivity contribution in [3.8, 4) is 0 Å². The van der Waals surface area contributed by atoms with Gasteiger partial charge in [-0.3, -0.25) is 4.79 Å². The second-order valence-corrected chi connectivity index (χ2v) is 4.92. The number of hydrogen-bond donors (Lipinski definition) is 2. The molecule has 0 spiro atoms. The predicted octanol–water partition coefficient (Wildman–Crippen LogP) is 1.60. The molecule has 0 saturated heterocycles. The number of aryl methyl sites for hydroxylation is 1. The zero-order valence-electron chi connectivity index (χ0n) is 11.6. The standard InChI is InChI=1S/C14H19NO4/c1-9-5-7-10(8-6-9)12(16)15-11(13(17)18)14(2,3)19-4/h5-8,11H,1-4H3,(H,15,16)(H,17,18). The summed E-state index contributed by atoms with van der Waals surface area (Å²) in [5, 5.41) is 11.7. The molecule has 0 aliphatic carbocycles. The number of ether oxygens (including phenoxy) is 1. The number of carboxylic acids is 1. The SMILES string of the molecule is COC(C)(C)C(NC(=O)c1ccc(C)cc1)C(=O)O. The summed E-state index contributed by atoms with van der Waals surface area (Å²) in [7, 11) is 1.41. The topological polar surface area (TPSA) is 75.6 Å². The van der Waals surface area contributed by atoms with E-state index in [1.165, 1.54) is 7.11 Å². The first kappa shape index (κ1) is 15.2. The van der Waals surface area contributed by atoms with Crippen LogP contribution in [0.5, 0.6) is 0 Å². The van der Waals surface area contributed by atoms with Crippen molar-refractivity contribution in [3.63, 3.8) is 0 Å². The van der Waals surface area contributed by atoms with Crippen LogP contribution in [0, 0.1) is 6.92 Å². The highest BCUT2D eigenvalue weighted by atomic mass is 16.5. The Morgan fingerprint density at radius 3 is 2.21 bits per heavy atom. The number of nitrogens with one attached hydrogen (secondary N) is 1. The number of carboxylic acid groups (broad SMARTS) is 1. The Bertz CT molecular complexity index is 465. The lowest BCUT2D eigenvalue weighted by atomic mass is 9.98. The van der Waals surface area contributed by atoms with Gasteiger partial charge in [0.15, 0.2) is 6.04 Å². The maximum Gasteiger partial charge on any atom is 0.329 e. The van der Waals surface area contributed by atoms with Crippen LogP contribution in [0.2, 0.25) is 0 Å². The molecule has 5 heteroatoms. The van der Waals surface area contributed by atoms with Gasteiger partial charge in [-0.05, 0) is 32.9 Å². The van der Waals surface area contributed by atoms with Crippen molar-refractivity contribution >= 4 is 11.9 Å². The fourth-order valence-corrected chi connectivity index (χ4v) is 1.57. The molecule has 0 aliphatic rings. The normalized spacial score (nSPS) is 12.8. The lowest BCUT2D eigenvalue weighted by molar-refractivity contribution is -0.146. The highest BCUT2D eigenvalue weighted by Gasteiger charge is 2.36. The Morgan fingerprint density at radius 1 is 1.26 bits per heavy atom. The molecule has 1 aromatic carbocycles. The van der Waals surface area contributed by atoms with E-state index in [1.54, 1.807) is 38.1 Å². The first-order valence-electron chi connectivity index (χ1n) is 5.93. The molecule has 0 radical (unpaired) electrons. The molecular formula is C14H19NO4. The van der Waals surface area contributed by atoms with Gasteiger partial charge in [-0.1, -0.05) is 17.7 Å². The summed E-state index contributed by atoms with van der Waals surface area (Å²) in [6.07, 6.45) is 0. The third-order valence-electron chi connectivity index (χ3n) is 3.06. The Hall–Kier alpha value is -1.88. The molecule has 19 heavy (non-hydrogen) atoms. The van der Waals surface area contributed by atoms with Crippen LogP contribution in [0.4, 0.5) is 0 Å². The number of amides is 1. The summed E-state index contributed by atoms with van der Waals surface area (Å²) < 4.78 is 5.12. The van der Waals surface area contributed by atoms with E-state index in [9.17, 15) is 14.7 Å². The summed E-state index contributed by atoms with van der Waals surface area (Å²) in [6, 6.07) is 5.79. The molecule has 0 heterocycles. The van der Waals surface area contributed by atoms with Crippen LogP contribution >= 0.6 is 0 Å². The average molecular weight is 265 g/mol. The van der Waals surface area contributed by atoms with Gasteiger partial charge in [0.1, 0.15) is 0 Å². The van der Waals surface area contributed by atoms with Crippen molar-refractivity contribution in [1.82, 2.24) is 5.32 Å². The molecule has 5 nitrogen and oxygen atoms in total. The average Bonchev–Trinajstić information content (AvgIpc) is 2.35. The van der Waals surface area contributed by atoms with Gasteiger partial charge in [0.05, 0.1) is 5.60 Å². The predicted molar refractivity (Wildman–Crippen MR) is 71.2 cm³/mol. The van der Waals surface area contributed by atoms with E-state index in [0.29, 0.717) is 5.56 Å². The third-order valence-corrected chi connectivity index (χ3v) is 3.06. The first-order valence-corrected chi connectivity index (χ1v) is 5.93. The maximum atomic E-state index is 12.0. The van der Waals surface area contributed by atoms with Crippen molar-refractivity contribution in [2.45, 2.75) is 32.4 Å². The molecule has 1 rings (SSSR count). The van der Waals surface area contributed by atoms with Gasteiger partial charge >= 0.3 is 5.97 Å². The fourth-order valence-electron chi connectivity index (χ4n) is 1.57. The van der Waals surface area contributed by atoms with Crippen LogP contribution in [0.25, 0.3) is 0 Å². The second kappa shape index (κ2) is 5.84. The summed E-state index contributed by atoms with van der Waals surface area (Å²) in [5.41, 5.74) is 0.457. The highest BCUT2D eigenvalue weighted by molar-refractivity contribution is 5.96. The van der Waals surface area contributed by atoms with E-state index in [4.69, 9.17) is 4.74 Å². The zero-order valence-corrected chi connectivity index (χ0v) is 11.6. The molecule has 1 aromatic rings. The van der Waals surface area contributed by atoms with Crippen LogP contribution in [-0.2, 0) is 9.53 Å². The smallest absolute Gasteiger partial charge is 0.329 e. The van der Waals surface area contributed by atoms with Gasteiger partial charge in [-0.2, -0.15) is 0 Å². The lowest BCUT2D eigenvalue weighted by Crippen LogP contribution is -2.55. The minimum Gasteiger partial charge on any atom is -0.480 e. The molecule has 1 atom stereocenters. The van der Waals surface area contributed by atoms with Crippen molar-refractivity contribution in [2.75, 3.05) is 7.11 Å². The Kier molecular flexibility index (Phi) is 4.67. The van der Waals surface area contributed by atoms with E-state index < -0.39 is 23.5 Å². The van der Waals surface area contributed by atoms with Crippen LogP contribution in [0.1, 0.15) is 29.8 Å². The summed E-state index contributed by atoms with van der Waals surface area (Å²) in [5.74, 6) is -1.56. The van der Waals surface area contributed by atoms with Crippen molar-refractivity contribution in [1.29, 1.82) is 0 Å². The molecule has 1 unspecified atom stereocenters. The Labute approximate surface area is 112 Å². The van der Waals surface area contributed by atoms with Gasteiger partial charge in [0.2, 0.25) is 0 Å². The Balaban J connectivity index is 2.89.